The summed E-state index contributed by atoms with van der Waals surface area (Å²) in [5.74, 6) is -0.00977. The highest BCUT2D eigenvalue weighted by molar-refractivity contribution is 8.02. The predicted molar refractivity (Wildman–Crippen MR) is 126 cm³/mol. The number of hydrogen-bond acceptors (Lipinski definition) is 4. The monoisotopic (exact) mass is 431 g/mol. The lowest BCUT2D eigenvalue weighted by molar-refractivity contribution is -0.130. The first kappa shape index (κ1) is 21.7. The number of benzene rings is 2. The Labute approximate surface area is 189 Å². The summed E-state index contributed by atoms with van der Waals surface area (Å²) in [7, 11) is 0. The molecule has 2 aliphatic heterocycles. The van der Waals surface area contributed by atoms with E-state index in [-0.39, 0.29) is 5.91 Å². The van der Waals surface area contributed by atoms with Crippen LogP contribution in [0.1, 0.15) is 36.8 Å². The molecule has 2 heterocycles. The third-order valence-corrected chi connectivity index (χ3v) is 7.23. The molecule has 0 spiro atoms. The van der Waals surface area contributed by atoms with Crippen molar-refractivity contribution in [2.45, 2.75) is 31.1 Å². The minimum atomic E-state index is -1.08. The minimum Gasteiger partial charge on any atom is -0.304 e. The van der Waals surface area contributed by atoms with Crippen molar-refractivity contribution < 1.29 is 4.79 Å². The van der Waals surface area contributed by atoms with E-state index in [1.807, 2.05) is 71.8 Å². The Kier molecular flexibility index (Phi) is 6.80. The van der Waals surface area contributed by atoms with E-state index >= 15 is 0 Å². The van der Waals surface area contributed by atoms with Gasteiger partial charge in [0.25, 0.3) is 0 Å². The summed E-state index contributed by atoms with van der Waals surface area (Å²) in [4.78, 5) is 18.5. The van der Waals surface area contributed by atoms with Crippen molar-refractivity contribution in [3.63, 3.8) is 0 Å². The highest BCUT2D eigenvalue weighted by Gasteiger charge is 2.55. The lowest BCUT2D eigenvalue weighted by Gasteiger charge is -2.31. The van der Waals surface area contributed by atoms with Gasteiger partial charge in [0.2, 0.25) is 5.91 Å². The quantitative estimate of drug-likeness (QED) is 0.632. The van der Waals surface area contributed by atoms with E-state index in [0.29, 0.717) is 12.1 Å². The molecule has 0 bridgehead atoms. The third-order valence-electron chi connectivity index (χ3n) is 6.42. The van der Waals surface area contributed by atoms with Crippen LogP contribution in [-0.2, 0) is 10.2 Å². The molecule has 4 nitrogen and oxygen atoms in total. The summed E-state index contributed by atoms with van der Waals surface area (Å²) in [5, 5.41) is 11.1. The van der Waals surface area contributed by atoms with Crippen molar-refractivity contribution >= 4 is 17.7 Å². The molecule has 2 aromatic rings. The van der Waals surface area contributed by atoms with E-state index in [1.54, 1.807) is 0 Å². The molecule has 2 aliphatic rings. The Balaban J connectivity index is 1.72. The summed E-state index contributed by atoms with van der Waals surface area (Å²) in [6.07, 6.45) is 6.73. The van der Waals surface area contributed by atoms with Crippen molar-refractivity contribution in [2.24, 2.45) is 0 Å². The maximum atomic E-state index is 14.2. The summed E-state index contributed by atoms with van der Waals surface area (Å²) in [5.41, 5.74) is 1.17. The number of piperidine rings is 1. The lowest BCUT2D eigenvalue weighted by atomic mass is 9.70. The van der Waals surface area contributed by atoms with Gasteiger partial charge in [0.15, 0.2) is 0 Å². The summed E-state index contributed by atoms with van der Waals surface area (Å²) < 4.78 is 0. The van der Waals surface area contributed by atoms with Crippen LogP contribution >= 0.6 is 11.8 Å². The van der Waals surface area contributed by atoms with Crippen molar-refractivity contribution in [1.29, 1.82) is 5.26 Å². The van der Waals surface area contributed by atoms with E-state index in [1.165, 1.54) is 31.0 Å². The molecule has 0 unspecified atom stereocenters. The van der Waals surface area contributed by atoms with Gasteiger partial charge < -0.3 is 9.80 Å². The SMILES string of the molecule is CSC1=C(C#N)C(c2ccccc2)(c2ccccc2)C(=O)N1CCCN1CCCCC1. The van der Waals surface area contributed by atoms with E-state index in [2.05, 4.69) is 11.0 Å². The molecule has 4 rings (SSSR count). The zero-order chi connectivity index (χ0) is 21.7. The van der Waals surface area contributed by atoms with Gasteiger partial charge in [-0.3, -0.25) is 4.79 Å². The molecule has 31 heavy (non-hydrogen) atoms. The average Bonchev–Trinajstić information content (AvgIpc) is 3.08. The Hall–Kier alpha value is -2.55. The number of amides is 1. The normalized spacial score (nSPS) is 19.0. The number of thioether (sulfide) groups is 1. The van der Waals surface area contributed by atoms with Crippen LogP contribution in [0.25, 0.3) is 0 Å². The minimum absolute atomic E-state index is 0.00977. The van der Waals surface area contributed by atoms with Crippen molar-refractivity contribution in [3.8, 4) is 6.07 Å². The molecule has 160 valence electrons. The van der Waals surface area contributed by atoms with Crippen LogP contribution < -0.4 is 0 Å². The first-order chi connectivity index (χ1) is 15.2. The molecule has 0 atom stereocenters. The maximum absolute atomic E-state index is 14.2. The van der Waals surface area contributed by atoms with Crippen molar-refractivity contribution in [2.75, 3.05) is 32.4 Å². The smallest absolute Gasteiger partial charge is 0.247 e. The van der Waals surface area contributed by atoms with Gasteiger partial charge in [-0.15, -0.1) is 11.8 Å². The number of carbonyl (C=O) groups excluding carboxylic acids is 1. The Morgan fingerprint density at radius 2 is 1.52 bits per heavy atom. The molecule has 0 aromatic heterocycles. The van der Waals surface area contributed by atoms with E-state index in [9.17, 15) is 10.1 Å². The second-order valence-corrected chi connectivity index (χ2v) is 8.99. The van der Waals surface area contributed by atoms with Crippen LogP contribution in [0.3, 0.4) is 0 Å². The molecule has 0 aliphatic carbocycles. The molecule has 1 fully saturated rings. The van der Waals surface area contributed by atoms with Crippen LogP contribution in [0.5, 0.6) is 0 Å². The molecule has 0 N–H and O–H groups in total. The molecule has 1 saturated heterocycles. The first-order valence-corrected chi connectivity index (χ1v) is 12.3. The largest absolute Gasteiger partial charge is 0.304 e. The Bertz CT molecular complexity index is 935. The average molecular weight is 432 g/mol. The third kappa shape index (κ3) is 3.91. The predicted octanol–water partition coefficient (Wildman–Crippen LogP) is 4.79. The standard InChI is InChI=1S/C26H29N3OS/c1-31-24-23(20-27)26(21-12-5-2-6-13-21,22-14-7-3-8-15-22)25(30)29(24)19-11-18-28-16-9-4-10-17-28/h2-3,5-8,12-15H,4,9-11,16-19H2,1H3. The maximum Gasteiger partial charge on any atom is 0.247 e. The van der Waals surface area contributed by atoms with Gasteiger partial charge in [-0.1, -0.05) is 67.1 Å². The molecule has 1 amide bonds. The van der Waals surface area contributed by atoms with E-state index in [0.717, 1.165) is 42.2 Å². The van der Waals surface area contributed by atoms with Crippen LogP contribution in [0, 0.1) is 11.3 Å². The van der Waals surface area contributed by atoms with Gasteiger partial charge in [-0.25, -0.2) is 0 Å². The van der Waals surface area contributed by atoms with Gasteiger partial charge in [0.1, 0.15) is 5.41 Å². The summed E-state index contributed by atoms with van der Waals surface area (Å²) >= 11 is 1.50. The van der Waals surface area contributed by atoms with E-state index < -0.39 is 5.41 Å². The van der Waals surface area contributed by atoms with Gasteiger partial charge in [-0.05, 0) is 56.3 Å². The van der Waals surface area contributed by atoms with Gasteiger partial charge in [0, 0.05) is 6.54 Å². The number of nitrogens with zero attached hydrogens (tertiary/aromatic N) is 3. The molecule has 0 radical (unpaired) electrons. The Morgan fingerprint density at radius 1 is 0.935 bits per heavy atom. The van der Waals surface area contributed by atoms with Crippen LogP contribution in [0.4, 0.5) is 0 Å². The number of likely N-dealkylation sites (tertiary alicyclic amines) is 1. The number of rotatable bonds is 7. The fourth-order valence-electron chi connectivity index (χ4n) is 4.96. The van der Waals surface area contributed by atoms with Gasteiger partial charge in [0.05, 0.1) is 16.7 Å². The van der Waals surface area contributed by atoms with E-state index in [4.69, 9.17) is 0 Å². The molecule has 2 aromatic carbocycles. The van der Waals surface area contributed by atoms with Crippen molar-refractivity contribution in [1.82, 2.24) is 9.80 Å². The first-order valence-electron chi connectivity index (χ1n) is 11.1. The highest BCUT2D eigenvalue weighted by atomic mass is 32.2. The lowest BCUT2D eigenvalue weighted by Crippen LogP contribution is -2.42. The summed E-state index contributed by atoms with van der Waals surface area (Å²) in [6, 6.07) is 22.0. The van der Waals surface area contributed by atoms with Crippen LogP contribution in [0.15, 0.2) is 71.3 Å². The topological polar surface area (TPSA) is 47.3 Å². The summed E-state index contributed by atoms with van der Waals surface area (Å²) in [6.45, 7) is 3.94. The molecule has 5 heteroatoms. The zero-order valence-corrected chi connectivity index (χ0v) is 18.9. The molecular weight excluding hydrogens is 402 g/mol. The van der Waals surface area contributed by atoms with Crippen molar-refractivity contribution in [3.05, 3.63) is 82.4 Å². The molecule has 0 saturated carbocycles. The van der Waals surface area contributed by atoms with Crippen LogP contribution in [0.2, 0.25) is 0 Å². The van der Waals surface area contributed by atoms with Gasteiger partial charge in [-0.2, -0.15) is 5.26 Å². The number of nitriles is 1. The zero-order valence-electron chi connectivity index (χ0n) is 18.1. The van der Waals surface area contributed by atoms with Gasteiger partial charge >= 0.3 is 0 Å². The second kappa shape index (κ2) is 9.72. The molecular formula is C26H29N3OS. The highest BCUT2D eigenvalue weighted by Crippen LogP contribution is 2.49. The fraction of sp³-hybridized carbons (Fsp3) is 0.385. The number of carbonyl (C=O) groups is 1. The Morgan fingerprint density at radius 3 is 2.03 bits per heavy atom. The fourth-order valence-corrected chi connectivity index (χ4v) is 5.76. The van der Waals surface area contributed by atoms with Crippen LogP contribution in [-0.4, -0.2) is 48.1 Å². The second-order valence-electron chi connectivity index (χ2n) is 8.19. The number of hydrogen-bond donors (Lipinski definition) is 0.